The summed E-state index contributed by atoms with van der Waals surface area (Å²) >= 11 is 3.44. The summed E-state index contributed by atoms with van der Waals surface area (Å²) < 4.78 is 1.09. The number of benzene rings is 2. The van der Waals surface area contributed by atoms with Gasteiger partial charge in [-0.3, -0.25) is 0 Å². The number of nitrogens with zero attached hydrogens (tertiary/aromatic N) is 2. The lowest BCUT2D eigenvalue weighted by atomic mass is 10.1. The van der Waals surface area contributed by atoms with Crippen LogP contribution in [0, 0.1) is 0 Å². The third-order valence-corrected chi connectivity index (χ3v) is 3.73. The molecule has 0 saturated carbocycles. The smallest absolute Gasteiger partial charge is 0.117 e. The molecule has 2 N–H and O–H groups in total. The van der Waals surface area contributed by atoms with Crippen LogP contribution in [-0.2, 0) is 13.1 Å². The number of rotatable bonds is 5. The molecule has 0 unspecified atom stereocenters. The molecule has 0 amide bonds. The maximum atomic E-state index is 4.24. The lowest BCUT2D eigenvalue weighted by Crippen LogP contribution is -2.13. The monoisotopic (exact) mass is 342 g/mol. The van der Waals surface area contributed by atoms with E-state index in [4.69, 9.17) is 0 Å². The van der Waals surface area contributed by atoms with Crippen molar-refractivity contribution in [1.29, 1.82) is 0 Å². The van der Waals surface area contributed by atoms with E-state index in [2.05, 4.69) is 48.8 Å². The Morgan fingerprint density at radius 3 is 2.43 bits per heavy atom. The SMILES string of the molecule is Brc1ccc(CNCc2n[nH]nc2-c2ccccc2)cc1. The molecule has 106 valence electrons. The molecule has 0 saturated heterocycles. The van der Waals surface area contributed by atoms with Gasteiger partial charge in [0.1, 0.15) is 11.4 Å². The molecule has 21 heavy (non-hydrogen) atoms. The second-order valence-electron chi connectivity index (χ2n) is 4.71. The Kier molecular flexibility index (Phi) is 4.43. The summed E-state index contributed by atoms with van der Waals surface area (Å²) in [7, 11) is 0. The van der Waals surface area contributed by atoms with Crippen molar-refractivity contribution in [3.8, 4) is 11.3 Å². The van der Waals surface area contributed by atoms with E-state index in [1.807, 2.05) is 42.5 Å². The molecule has 3 rings (SSSR count). The molecule has 0 aliphatic carbocycles. The van der Waals surface area contributed by atoms with E-state index in [9.17, 15) is 0 Å². The normalized spacial score (nSPS) is 10.7. The van der Waals surface area contributed by atoms with Gasteiger partial charge in [-0.1, -0.05) is 58.4 Å². The number of aromatic amines is 1. The van der Waals surface area contributed by atoms with Crippen molar-refractivity contribution in [1.82, 2.24) is 20.7 Å². The van der Waals surface area contributed by atoms with Gasteiger partial charge in [0.25, 0.3) is 0 Å². The fraction of sp³-hybridized carbons (Fsp3) is 0.125. The van der Waals surface area contributed by atoms with Gasteiger partial charge in [0.15, 0.2) is 0 Å². The lowest BCUT2D eigenvalue weighted by Gasteiger charge is -2.05. The molecule has 5 heteroatoms. The highest BCUT2D eigenvalue weighted by Crippen LogP contribution is 2.18. The summed E-state index contributed by atoms with van der Waals surface area (Å²) in [6.07, 6.45) is 0. The van der Waals surface area contributed by atoms with Crippen LogP contribution in [0.3, 0.4) is 0 Å². The number of aromatic nitrogens is 3. The van der Waals surface area contributed by atoms with Crippen LogP contribution in [0.4, 0.5) is 0 Å². The van der Waals surface area contributed by atoms with Crippen molar-refractivity contribution in [3.05, 3.63) is 70.3 Å². The second kappa shape index (κ2) is 6.65. The van der Waals surface area contributed by atoms with Crippen LogP contribution in [0.15, 0.2) is 59.1 Å². The van der Waals surface area contributed by atoms with Gasteiger partial charge in [-0.25, -0.2) is 0 Å². The quantitative estimate of drug-likeness (QED) is 0.745. The van der Waals surface area contributed by atoms with E-state index in [-0.39, 0.29) is 0 Å². The summed E-state index contributed by atoms with van der Waals surface area (Å²) in [5.41, 5.74) is 4.15. The Morgan fingerprint density at radius 1 is 0.905 bits per heavy atom. The number of nitrogens with one attached hydrogen (secondary N) is 2. The van der Waals surface area contributed by atoms with E-state index in [0.29, 0.717) is 6.54 Å². The van der Waals surface area contributed by atoms with Gasteiger partial charge in [0.05, 0.1) is 0 Å². The zero-order valence-corrected chi connectivity index (χ0v) is 13.0. The first-order valence-corrected chi connectivity index (χ1v) is 7.52. The van der Waals surface area contributed by atoms with E-state index >= 15 is 0 Å². The van der Waals surface area contributed by atoms with Crippen LogP contribution in [0.5, 0.6) is 0 Å². The Morgan fingerprint density at radius 2 is 1.67 bits per heavy atom. The summed E-state index contributed by atoms with van der Waals surface area (Å²) in [4.78, 5) is 0. The summed E-state index contributed by atoms with van der Waals surface area (Å²) in [5, 5.41) is 14.6. The van der Waals surface area contributed by atoms with E-state index in [1.54, 1.807) is 0 Å². The van der Waals surface area contributed by atoms with E-state index < -0.39 is 0 Å². The topological polar surface area (TPSA) is 53.6 Å². The van der Waals surface area contributed by atoms with Crippen LogP contribution >= 0.6 is 15.9 Å². The second-order valence-corrected chi connectivity index (χ2v) is 5.63. The molecule has 0 atom stereocenters. The number of hydrogen-bond acceptors (Lipinski definition) is 3. The molecule has 3 aromatic rings. The molecule has 1 aromatic heterocycles. The van der Waals surface area contributed by atoms with Crippen molar-refractivity contribution < 1.29 is 0 Å². The predicted molar refractivity (Wildman–Crippen MR) is 86.5 cm³/mol. The largest absolute Gasteiger partial charge is 0.307 e. The Labute approximate surface area is 131 Å². The Hall–Kier alpha value is -1.98. The van der Waals surface area contributed by atoms with Crippen LogP contribution in [-0.4, -0.2) is 15.4 Å². The Balaban J connectivity index is 1.64. The van der Waals surface area contributed by atoms with Gasteiger partial charge in [0, 0.05) is 23.1 Å². The number of H-pyrrole nitrogens is 1. The number of halogens is 1. The molecule has 0 spiro atoms. The third-order valence-electron chi connectivity index (χ3n) is 3.20. The molecule has 0 radical (unpaired) electrons. The summed E-state index contributed by atoms with van der Waals surface area (Å²) in [6.45, 7) is 1.48. The van der Waals surface area contributed by atoms with Gasteiger partial charge < -0.3 is 5.32 Å². The van der Waals surface area contributed by atoms with Gasteiger partial charge in [-0.15, -0.1) is 0 Å². The van der Waals surface area contributed by atoms with Crippen LogP contribution in [0.1, 0.15) is 11.3 Å². The molecule has 0 bridgehead atoms. The van der Waals surface area contributed by atoms with Crippen LogP contribution < -0.4 is 5.32 Å². The highest BCUT2D eigenvalue weighted by Gasteiger charge is 2.09. The summed E-state index contributed by atoms with van der Waals surface area (Å²) in [5.74, 6) is 0. The minimum Gasteiger partial charge on any atom is -0.307 e. The molecule has 1 heterocycles. The molecule has 2 aromatic carbocycles. The molecule has 0 aliphatic heterocycles. The minimum absolute atomic E-state index is 0.677. The predicted octanol–water partition coefficient (Wildman–Crippen LogP) is 3.52. The fourth-order valence-corrected chi connectivity index (χ4v) is 2.40. The van der Waals surface area contributed by atoms with Gasteiger partial charge in [0.2, 0.25) is 0 Å². The highest BCUT2D eigenvalue weighted by atomic mass is 79.9. The van der Waals surface area contributed by atoms with Crippen LogP contribution in [0.25, 0.3) is 11.3 Å². The molecular formula is C16H15BrN4. The first-order chi connectivity index (χ1) is 10.3. The van der Waals surface area contributed by atoms with Gasteiger partial charge in [-0.05, 0) is 17.7 Å². The van der Waals surface area contributed by atoms with Gasteiger partial charge >= 0.3 is 0 Å². The van der Waals surface area contributed by atoms with Crippen molar-refractivity contribution in [2.45, 2.75) is 13.1 Å². The summed E-state index contributed by atoms with van der Waals surface area (Å²) in [6, 6.07) is 18.4. The highest BCUT2D eigenvalue weighted by molar-refractivity contribution is 9.10. The standard InChI is InChI=1S/C16H15BrN4/c17-14-8-6-12(7-9-14)10-18-11-15-16(20-21-19-15)13-4-2-1-3-5-13/h1-9,18H,10-11H2,(H,19,20,21). The number of hydrogen-bond donors (Lipinski definition) is 2. The maximum Gasteiger partial charge on any atom is 0.117 e. The van der Waals surface area contributed by atoms with Crippen LogP contribution in [0.2, 0.25) is 0 Å². The molecule has 4 nitrogen and oxygen atoms in total. The van der Waals surface area contributed by atoms with Crippen molar-refractivity contribution in [3.63, 3.8) is 0 Å². The first kappa shape index (κ1) is 14.0. The average Bonchev–Trinajstić information content (AvgIpc) is 2.99. The van der Waals surface area contributed by atoms with E-state index in [0.717, 1.165) is 28.0 Å². The minimum atomic E-state index is 0.677. The van der Waals surface area contributed by atoms with Crippen molar-refractivity contribution in [2.24, 2.45) is 0 Å². The van der Waals surface area contributed by atoms with E-state index in [1.165, 1.54) is 5.56 Å². The lowest BCUT2D eigenvalue weighted by molar-refractivity contribution is 0.677. The zero-order chi connectivity index (χ0) is 14.5. The Bertz CT molecular complexity index is 692. The maximum absolute atomic E-state index is 4.24. The average molecular weight is 343 g/mol. The van der Waals surface area contributed by atoms with Crippen molar-refractivity contribution >= 4 is 15.9 Å². The molecule has 0 aliphatic rings. The molecule has 0 fully saturated rings. The third kappa shape index (κ3) is 3.56. The van der Waals surface area contributed by atoms with Gasteiger partial charge in [-0.2, -0.15) is 15.4 Å². The first-order valence-electron chi connectivity index (χ1n) is 6.73. The molecular weight excluding hydrogens is 328 g/mol. The van der Waals surface area contributed by atoms with Crippen molar-refractivity contribution in [2.75, 3.05) is 0 Å². The zero-order valence-electron chi connectivity index (χ0n) is 11.4. The fourth-order valence-electron chi connectivity index (χ4n) is 2.13.